The summed E-state index contributed by atoms with van der Waals surface area (Å²) in [6, 6.07) is 2.90. The highest BCUT2D eigenvalue weighted by Crippen LogP contribution is 2.57. The number of aromatic nitrogens is 3. The van der Waals surface area contributed by atoms with Crippen LogP contribution in [0.4, 0.5) is 31.1 Å². The molecule has 7 rings (SSSR count). The van der Waals surface area contributed by atoms with Gasteiger partial charge in [0, 0.05) is 61.7 Å². The number of alkyl halides is 5. The fraction of sp³-hybridized carbons (Fsp3) is 0.667. The molecule has 2 spiro atoms. The molecule has 2 aliphatic heterocycles. The second-order valence-electron chi connectivity index (χ2n) is 12.9. The van der Waals surface area contributed by atoms with Crippen molar-refractivity contribution < 1.29 is 31.1 Å². The number of likely N-dealkylation sites (tertiary alicyclic amines) is 2. The Kier molecular flexibility index (Phi) is 5.25. The van der Waals surface area contributed by atoms with Gasteiger partial charge in [0.1, 0.15) is 11.6 Å². The number of amides is 2. The molecule has 1 N–H and O–H groups in total. The molecule has 0 bridgehead atoms. The maximum Gasteiger partial charge on any atom is 0.416 e. The zero-order chi connectivity index (χ0) is 27.4. The van der Waals surface area contributed by atoms with Gasteiger partial charge in [-0.25, -0.2) is 22.9 Å². The van der Waals surface area contributed by atoms with Crippen molar-refractivity contribution in [2.75, 3.05) is 26.2 Å². The van der Waals surface area contributed by atoms with Gasteiger partial charge in [0.05, 0.1) is 5.56 Å². The first-order chi connectivity index (χ1) is 18.3. The van der Waals surface area contributed by atoms with Crippen LogP contribution < -0.4 is 0 Å². The molecule has 2 saturated heterocycles. The van der Waals surface area contributed by atoms with E-state index in [0.717, 1.165) is 37.6 Å². The van der Waals surface area contributed by atoms with Gasteiger partial charge >= 0.3 is 12.2 Å². The van der Waals surface area contributed by atoms with Crippen molar-refractivity contribution in [1.82, 2.24) is 25.0 Å². The van der Waals surface area contributed by atoms with E-state index < -0.39 is 23.5 Å². The number of carbonyl (C=O) groups is 1. The Bertz CT molecular complexity index is 1290. The first-order valence-corrected chi connectivity index (χ1v) is 13.5. The average Bonchev–Trinajstić information content (AvgIpc) is 3.20. The van der Waals surface area contributed by atoms with Crippen molar-refractivity contribution in [3.05, 3.63) is 46.8 Å². The predicted octanol–water partition coefficient (Wildman–Crippen LogP) is 5.73. The van der Waals surface area contributed by atoms with E-state index >= 15 is 0 Å². The Morgan fingerprint density at radius 2 is 1.56 bits per heavy atom. The third-order valence-corrected chi connectivity index (χ3v) is 9.70. The second-order valence-corrected chi connectivity index (χ2v) is 12.9. The van der Waals surface area contributed by atoms with Gasteiger partial charge in [-0.3, -0.25) is 5.10 Å². The number of hydrogen-bond acceptors (Lipinski definition) is 3. The third-order valence-electron chi connectivity index (χ3n) is 9.70. The minimum Gasteiger partial charge on any atom is -0.323 e. The van der Waals surface area contributed by atoms with Crippen LogP contribution >= 0.6 is 0 Å². The van der Waals surface area contributed by atoms with Crippen LogP contribution in [0.25, 0.3) is 0 Å². The molecular weight excluding hydrogens is 524 g/mol. The lowest BCUT2D eigenvalue weighted by atomic mass is 9.56. The zero-order valence-electron chi connectivity index (χ0n) is 21.2. The predicted molar refractivity (Wildman–Crippen MR) is 127 cm³/mol. The third kappa shape index (κ3) is 4.28. The van der Waals surface area contributed by atoms with Crippen LogP contribution in [0.1, 0.15) is 73.1 Å². The molecule has 2 amide bonds. The Morgan fingerprint density at radius 3 is 2.15 bits per heavy atom. The molecule has 12 heteroatoms. The summed E-state index contributed by atoms with van der Waals surface area (Å²) in [4.78, 5) is 21.1. The number of hydrogen-bond donors (Lipinski definition) is 1. The zero-order valence-corrected chi connectivity index (χ0v) is 21.2. The maximum atomic E-state index is 13.4. The standard InChI is InChI=1S/C27H29F6N5O/c28-19-2-1-16(20(4-19)27(31,32)33)3-15-5-24(6-15)11-37(12-24)23(39)38-13-25(14-38)7-17(8-25)21-34-22(36-35-21)18-9-26(29,30)10-18/h1-2,4,15,17-18H,3,5-14H2,(H,34,35,36). The Balaban J connectivity index is 0.851. The number of nitrogens with zero attached hydrogens (tertiary/aromatic N) is 4. The van der Waals surface area contributed by atoms with Crippen LogP contribution in [-0.2, 0) is 12.6 Å². The quantitative estimate of drug-likeness (QED) is 0.492. The lowest BCUT2D eigenvalue weighted by molar-refractivity contribution is -0.138. The van der Waals surface area contributed by atoms with E-state index in [2.05, 4.69) is 15.2 Å². The molecule has 0 radical (unpaired) electrons. The Labute approximate surface area is 221 Å². The fourth-order valence-corrected chi connectivity index (χ4v) is 7.80. The van der Waals surface area contributed by atoms with Gasteiger partial charge in [0.2, 0.25) is 5.92 Å². The van der Waals surface area contributed by atoms with Crippen LogP contribution in [0.2, 0.25) is 0 Å². The molecule has 1 aromatic carbocycles. The van der Waals surface area contributed by atoms with Gasteiger partial charge in [-0.15, -0.1) is 0 Å². The SMILES string of the molecule is O=C(N1CC2(CC(Cc3ccc(F)cc3C(F)(F)F)C2)C1)N1CC2(CC(c3nc(C4CC(F)(F)C4)n[nH]3)C2)C1. The molecule has 210 valence electrons. The number of nitrogens with one attached hydrogen (secondary N) is 1. The summed E-state index contributed by atoms with van der Waals surface area (Å²) in [6.45, 7) is 2.64. The number of H-pyrrole nitrogens is 1. The van der Waals surface area contributed by atoms with E-state index in [1.807, 2.05) is 9.80 Å². The van der Waals surface area contributed by atoms with Gasteiger partial charge < -0.3 is 9.80 Å². The van der Waals surface area contributed by atoms with Crippen molar-refractivity contribution in [1.29, 1.82) is 0 Å². The number of rotatable bonds is 4. The van der Waals surface area contributed by atoms with Crippen molar-refractivity contribution >= 4 is 6.03 Å². The fourth-order valence-electron chi connectivity index (χ4n) is 7.80. The number of urea groups is 1. The number of aromatic amines is 1. The lowest BCUT2D eigenvalue weighted by Crippen LogP contribution is -2.71. The highest BCUT2D eigenvalue weighted by atomic mass is 19.4. The van der Waals surface area contributed by atoms with Crippen molar-refractivity contribution in [3.8, 4) is 0 Å². The van der Waals surface area contributed by atoms with Crippen molar-refractivity contribution in [3.63, 3.8) is 0 Å². The van der Waals surface area contributed by atoms with Crippen LogP contribution in [0, 0.1) is 22.6 Å². The first kappa shape index (κ1) is 25.2. The van der Waals surface area contributed by atoms with Crippen molar-refractivity contribution in [2.45, 2.75) is 68.9 Å². The van der Waals surface area contributed by atoms with E-state index in [1.54, 1.807) is 0 Å². The Morgan fingerprint density at radius 1 is 0.949 bits per heavy atom. The van der Waals surface area contributed by atoms with Crippen LogP contribution in [0.3, 0.4) is 0 Å². The summed E-state index contributed by atoms with van der Waals surface area (Å²) in [5, 5.41) is 7.08. The second kappa shape index (κ2) is 8.13. The van der Waals surface area contributed by atoms with Crippen molar-refractivity contribution in [2.24, 2.45) is 16.7 Å². The monoisotopic (exact) mass is 553 g/mol. The minimum atomic E-state index is -4.58. The molecule has 5 aliphatic rings. The van der Waals surface area contributed by atoms with Crippen LogP contribution in [-0.4, -0.2) is 63.1 Å². The first-order valence-electron chi connectivity index (χ1n) is 13.5. The van der Waals surface area contributed by atoms with E-state index in [4.69, 9.17) is 0 Å². The molecule has 1 aromatic heterocycles. The van der Waals surface area contributed by atoms with E-state index in [0.29, 0.717) is 38.1 Å². The summed E-state index contributed by atoms with van der Waals surface area (Å²) < 4.78 is 79.6. The molecule has 6 nitrogen and oxygen atoms in total. The van der Waals surface area contributed by atoms with E-state index in [1.165, 1.54) is 6.07 Å². The van der Waals surface area contributed by atoms with Gasteiger partial charge in [0.15, 0.2) is 5.82 Å². The molecule has 3 saturated carbocycles. The summed E-state index contributed by atoms with van der Waals surface area (Å²) in [5.41, 5.74) is -0.679. The highest BCUT2D eigenvalue weighted by Gasteiger charge is 2.59. The number of benzene rings is 1. The summed E-state index contributed by atoms with van der Waals surface area (Å²) in [5.74, 6) is -2.22. The lowest BCUT2D eigenvalue weighted by Gasteiger charge is -2.63. The summed E-state index contributed by atoms with van der Waals surface area (Å²) in [6.07, 6.45) is -1.38. The molecule has 5 fully saturated rings. The molecule has 3 aliphatic carbocycles. The topological polar surface area (TPSA) is 65.1 Å². The summed E-state index contributed by atoms with van der Waals surface area (Å²) >= 11 is 0. The van der Waals surface area contributed by atoms with Gasteiger partial charge in [0.25, 0.3) is 0 Å². The molecule has 0 unspecified atom stereocenters. The van der Waals surface area contributed by atoms with Gasteiger partial charge in [-0.1, -0.05) is 6.07 Å². The molecule has 0 atom stereocenters. The number of halogens is 6. The normalized spacial score (nSPS) is 25.6. The van der Waals surface area contributed by atoms with E-state index in [9.17, 15) is 31.1 Å². The van der Waals surface area contributed by atoms with Crippen LogP contribution in [0.15, 0.2) is 18.2 Å². The van der Waals surface area contributed by atoms with Gasteiger partial charge in [-0.05, 0) is 55.7 Å². The van der Waals surface area contributed by atoms with Crippen LogP contribution in [0.5, 0.6) is 0 Å². The maximum absolute atomic E-state index is 13.4. The Hall–Kier alpha value is -2.79. The minimum absolute atomic E-state index is 0.00271. The molecule has 2 aromatic rings. The number of carbonyl (C=O) groups excluding carboxylic acids is 1. The molecule has 3 heterocycles. The largest absolute Gasteiger partial charge is 0.416 e. The van der Waals surface area contributed by atoms with Gasteiger partial charge in [-0.2, -0.15) is 18.3 Å². The highest BCUT2D eigenvalue weighted by molar-refractivity contribution is 5.77. The summed E-state index contributed by atoms with van der Waals surface area (Å²) in [7, 11) is 0. The molecule has 39 heavy (non-hydrogen) atoms. The smallest absolute Gasteiger partial charge is 0.323 e. The van der Waals surface area contributed by atoms with E-state index in [-0.39, 0.29) is 59.4 Å². The molecular formula is C27H29F6N5O. The average molecular weight is 554 g/mol.